The first-order valence-electron chi connectivity index (χ1n) is 5.28. The van der Waals surface area contributed by atoms with Gasteiger partial charge >= 0.3 is 8.56 Å². The molecule has 1 heterocycles. The second-order valence-electron chi connectivity index (χ2n) is 3.53. The van der Waals surface area contributed by atoms with E-state index in [-0.39, 0.29) is 0 Å². The topological polar surface area (TPSA) is 36.9 Å². The summed E-state index contributed by atoms with van der Waals surface area (Å²) in [6.07, 6.45) is 3.08. The molecule has 1 aliphatic heterocycles. The second-order valence-corrected chi connectivity index (χ2v) is 7.11. The molecule has 0 unspecified atom stereocenters. The van der Waals surface area contributed by atoms with E-state index in [2.05, 4.69) is 0 Å². The fourth-order valence-electron chi connectivity index (χ4n) is 2.29. The molecular formula is C9H23ClO4Si2. The fourth-order valence-corrected chi connectivity index (χ4v) is 5.77. The number of hydrogen-bond acceptors (Lipinski definition) is 4. The van der Waals surface area contributed by atoms with Crippen LogP contribution in [0.1, 0.15) is 19.3 Å². The summed E-state index contributed by atoms with van der Waals surface area (Å²) in [4.78, 5) is 0. The van der Waals surface area contributed by atoms with Crippen LogP contribution in [-0.4, -0.2) is 52.0 Å². The third-order valence-electron chi connectivity index (χ3n) is 3.16. The molecule has 0 aromatic heterocycles. The van der Waals surface area contributed by atoms with Crippen LogP contribution in [0.5, 0.6) is 0 Å². The highest BCUT2D eigenvalue weighted by atomic mass is 35.6. The van der Waals surface area contributed by atoms with Gasteiger partial charge in [0.2, 0.25) is 5.41 Å². The van der Waals surface area contributed by atoms with Gasteiger partial charge < -0.3 is 18.3 Å². The average molecular weight is 287 g/mol. The van der Waals surface area contributed by atoms with Crippen LogP contribution < -0.4 is 0 Å². The molecule has 1 fully saturated rings. The van der Waals surface area contributed by atoms with Gasteiger partial charge in [-0.15, -0.1) is 0 Å². The predicted molar refractivity (Wildman–Crippen MR) is 71.0 cm³/mol. The Balaban J connectivity index is 0.00000106. The van der Waals surface area contributed by atoms with E-state index in [0.29, 0.717) is 0 Å². The van der Waals surface area contributed by atoms with Crippen molar-refractivity contribution in [2.75, 3.05) is 28.4 Å². The van der Waals surface area contributed by atoms with Crippen LogP contribution >= 0.6 is 11.1 Å². The number of methoxy groups -OCH3 is 2. The van der Waals surface area contributed by atoms with Crippen molar-refractivity contribution in [2.24, 2.45) is 0 Å². The van der Waals surface area contributed by atoms with Crippen molar-refractivity contribution in [3.63, 3.8) is 0 Å². The molecule has 0 atom stereocenters. The molecule has 0 aromatic rings. The summed E-state index contributed by atoms with van der Waals surface area (Å²) < 4.78 is 22.2. The molecule has 16 heavy (non-hydrogen) atoms. The molecule has 0 saturated carbocycles. The van der Waals surface area contributed by atoms with E-state index >= 15 is 0 Å². The van der Waals surface area contributed by atoms with E-state index < -0.39 is 14.0 Å². The number of hydrogen-bond donors (Lipinski definition) is 0. The van der Waals surface area contributed by atoms with Crippen molar-refractivity contribution >= 4 is 29.2 Å². The molecule has 0 amide bonds. The third kappa shape index (κ3) is 2.87. The molecule has 0 spiro atoms. The summed E-state index contributed by atoms with van der Waals surface area (Å²) in [6, 6.07) is 0.932. The molecule has 0 bridgehead atoms. The number of ether oxygens (including phenoxy) is 2. The summed E-state index contributed by atoms with van der Waals surface area (Å²) in [5.74, 6) is 0. The van der Waals surface area contributed by atoms with Gasteiger partial charge in [-0.3, -0.25) is 0 Å². The van der Waals surface area contributed by atoms with Crippen molar-refractivity contribution in [1.29, 1.82) is 0 Å². The summed E-state index contributed by atoms with van der Waals surface area (Å²) in [6.45, 7) is 0. The molecule has 7 heteroatoms. The van der Waals surface area contributed by atoms with Gasteiger partial charge in [-0.05, 0) is 12.5 Å². The molecular weight excluding hydrogens is 264 g/mol. The van der Waals surface area contributed by atoms with Gasteiger partial charge in [0.15, 0.2) is 0 Å². The van der Waals surface area contributed by atoms with Crippen LogP contribution in [0, 0.1) is 0 Å². The van der Waals surface area contributed by atoms with E-state index in [1.54, 1.807) is 28.4 Å². The van der Waals surface area contributed by atoms with E-state index in [4.69, 9.17) is 29.4 Å². The highest BCUT2D eigenvalue weighted by Crippen LogP contribution is 2.40. The van der Waals surface area contributed by atoms with Crippen molar-refractivity contribution in [1.82, 2.24) is 0 Å². The molecule has 0 aromatic carbocycles. The van der Waals surface area contributed by atoms with E-state index in [9.17, 15) is 0 Å². The van der Waals surface area contributed by atoms with Crippen molar-refractivity contribution in [3.8, 4) is 0 Å². The Morgan fingerprint density at radius 2 is 1.50 bits per heavy atom. The number of rotatable bonds is 4. The molecule has 0 radical (unpaired) electrons. The van der Waals surface area contributed by atoms with Crippen molar-refractivity contribution in [3.05, 3.63) is 0 Å². The Kier molecular flexibility index (Phi) is 8.08. The fraction of sp³-hybridized carbons (Fsp3) is 1.00. The number of halogens is 1. The van der Waals surface area contributed by atoms with Crippen molar-refractivity contribution < 1.29 is 18.3 Å². The second kappa shape index (κ2) is 7.81. The molecule has 1 saturated heterocycles. The minimum Gasteiger partial charge on any atom is -0.395 e. The van der Waals surface area contributed by atoms with Crippen LogP contribution in [0.2, 0.25) is 6.04 Å². The highest BCUT2D eigenvalue weighted by Gasteiger charge is 2.60. The van der Waals surface area contributed by atoms with Crippen LogP contribution in [0.3, 0.4) is 0 Å². The summed E-state index contributed by atoms with van der Waals surface area (Å²) in [5.41, 5.74) is -0.630. The monoisotopic (exact) mass is 286 g/mol. The lowest BCUT2D eigenvalue weighted by atomic mass is 10.2. The lowest BCUT2D eigenvalue weighted by Gasteiger charge is -2.46. The summed E-state index contributed by atoms with van der Waals surface area (Å²) in [7, 11) is 5.12. The maximum atomic E-state index is 5.59. The molecule has 1 rings (SSSR count). The van der Waals surface area contributed by atoms with Gasteiger partial charge in [-0.25, -0.2) is 0 Å². The summed E-state index contributed by atoms with van der Waals surface area (Å²) in [5, 5.41) is 0. The molecule has 4 nitrogen and oxygen atoms in total. The normalized spacial score (nSPS) is 22.3. The first-order valence-corrected chi connectivity index (χ1v) is 10.3. The van der Waals surface area contributed by atoms with E-state index in [0.717, 1.165) is 34.9 Å². The van der Waals surface area contributed by atoms with Crippen LogP contribution in [-0.2, 0) is 18.3 Å². The smallest absolute Gasteiger partial charge is 0.395 e. The molecule has 0 N–H and O–H groups in total. The Hall–Kier alpha value is 0.564. The van der Waals surface area contributed by atoms with Gasteiger partial charge in [-0.2, -0.15) is 11.1 Å². The maximum absolute atomic E-state index is 5.59. The minimum absolute atomic E-state index is 0.630. The lowest BCUT2D eigenvalue weighted by molar-refractivity contribution is -0.183. The third-order valence-corrected chi connectivity index (χ3v) is 7.31. The molecule has 1 aliphatic rings. The van der Waals surface area contributed by atoms with Gasteiger partial charge in [0, 0.05) is 34.9 Å². The van der Waals surface area contributed by atoms with Gasteiger partial charge in [-0.1, -0.05) is 6.42 Å². The van der Waals surface area contributed by atoms with Gasteiger partial charge in [0.05, 0.1) is 0 Å². The first-order chi connectivity index (χ1) is 7.70. The van der Waals surface area contributed by atoms with Crippen LogP contribution in [0.25, 0.3) is 0 Å². The van der Waals surface area contributed by atoms with Crippen LogP contribution in [0.4, 0.5) is 0 Å². The minimum atomic E-state index is -2.35. The predicted octanol–water partition coefficient (Wildman–Crippen LogP) is 0.939. The zero-order chi connectivity index (χ0) is 12.7. The zero-order valence-electron chi connectivity index (χ0n) is 10.8. The Labute approximate surface area is 107 Å². The lowest BCUT2D eigenvalue weighted by Crippen LogP contribution is -2.65. The SMILES string of the molecule is COC1(OC)CCCC[Si]1(OC)OC.[SiH3]Cl. The quantitative estimate of drug-likeness (QED) is 0.438. The van der Waals surface area contributed by atoms with Crippen LogP contribution in [0.15, 0.2) is 0 Å². The Bertz CT molecular complexity index is 166. The van der Waals surface area contributed by atoms with Gasteiger partial charge in [0.25, 0.3) is 0 Å². The first kappa shape index (κ1) is 16.6. The summed E-state index contributed by atoms with van der Waals surface area (Å²) >= 11 is 4.78. The highest BCUT2D eigenvalue weighted by molar-refractivity contribution is 6.80. The van der Waals surface area contributed by atoms with E-state index in [1.807, 2.05) is 0 Å². The van der Waals surface area contributed by atoms with E-state index in [1.165, 1.54) is 0 Å². The Morgan fingerprint density at radius 1 is 1.00 bits per heavy atom. The molecule has 98 valence electrons. The Morgan fingerprint density at radius 3 is 1.81 bits per heavy atom. The zero-order valence-corrected chi connectivity index (χ0v) is 14.6. The average Bonchev–Trinajstić information content (AvgIpc) is 2.40. The standard InChI is InChI=1S/C9H20O4Si.ClH3Si/c1-10-9(11-2)7-5-6-8-14(9,12-3)13-4;1-2/h5-8H2,1-4H3;2H3. The van der Waals surface area contributed by atoms with Gasteiger partial charge in [0.1, 0.15) is 9.55 Å². The largest absolute Gasteiger partial charge is 0.399 e. The maximum Gasteiger partial charge on any atom is 0.399 e. The van der Waals surface area contributed by atoms with Crippen molar-refractivity contribution in [2.45, 2.75) is 30.7 Å². The molecule has 0 aliphatic carbocycles.